The molecule has 0 atom stereocenters. The van der Waals surface area contributed by atoms with Gasteiger partial charge in [-0.1, -0.05) is 0 Å². The van der Waals surface area contributed by atoms with Crippen LogP contribution in [0.15, 0.2) is 0 Å². The van der Waals surface area contributed by atoms with Crippen LogP contribution in [0.1, 0.15) is 2.85 Å². The van der Waals surface area contributed by atoms with Crippen LogP contribution >= 0.6 is 0 Å². The van der Waals surface area contributed by atoms with Crippen molar-refractivity contribution in [3.8, 4) is 0 Å². The zero-order valence-electron chi connectivity index (χ0n) is 5.71. The Hall–Kier alpha value is 3.48. The fourth-order valence-corrected chi connectivity index (χ4v) is 0. The summed E-state index contributed by atoms with van der Waals surface area (Å²) in [5.74, 6) is 0. The molecule has 0 heterocycles. The first-order chi connectivity index (χ1) is 0. The molecule has 0 aromatic rings. The summed E-state index contributed by atoms with van der Waals surface area (Å²) in [6, 6.07) is 0. The van der Waals surface area contributed by atoms with Gasteiger partial charge in [0.2, 0.25) is 0 Å². The first-order valence-corrected chi connectivity index (χ1v) is 0. The van der Waals surface area contributed by atoms with Crippen LogP contribution in [-0.4, -0.2) is 70.8 Å². The maximum atomic E-state index is 0. The Morgan fingerprint density at radius 2 is 0.714 bits per heavy atom. The molecule has 0 unspecified atom stereocenters. The van der Waals surface area contributed by atoms with Crippen molar-refractivity contribution in [1.82, 2.24) is 0 Å². The quantitative estimate of drug-likeness (QED) is 0.373. The van der Waals surface area contributed by atoms with Gasteiger partial charge < -0.3 is 24.8 Å². The first-order valence-electron chi connectivity index (χ1n) is 0. The monoisotopic (exact) mass is 402 g/mol. The van der Waals surface area contributed by atoms with E-state index < -0.39 is 0 Å². The molecule has 0 spiro atoms. The molecule has 0 saturated heterocycles. The van der Waals surface area contributed by atoms with Gasteiger partial charge in [0, 0.05) is 62.6 Å². The molecule has 0 aliphatic rings. The van der Waals surface area contributed by atoms with Gasteiger partial charge in [0.25, 0.3) is 0 Å². The minimum absolute atomic E-state index is 0. The van der Waals surface area contributed by atoms with Crippen molar-refractivity contribution >= 4 is 48.9 Å². The largest absolute Gasteiger partial charge is 2.00 e. The summed E-state index contributed by atoms with van der Waals surface area (Å²) in [5, 5.41) is 0. The van der Waals surface area contributed by atoms with Gasteiger partial charge >= 0.3 is 48.9 Å². The summed E-state index contributed by atoms with van der Waals surface area (Å²) >= 11 is 0. The summed E-state index contributed by atoms with van der Waals surface area (Å²) in [4.78, 5) is 0. The van der Waals surface area contributed by atoms with Crippen LogP contribution in [0.2, 0.25) is 0 Å². The standard InChI is InChI=1S/Ba.Nd.4H2O.Ti.2H/h;;4*1H2;;;/q+2;;;;;;;2*-1. The predicted molar refractivity (Wildman–Crippen MR) is 22.4 cm³/mol. The number of hydrogen-bond donors (Lipinski definition) is 0. The van der Waals surface area contributed by atoms with Gasteiger partial charge in [0.1, 0.15) is 0 Å². The van der Waals surface area contributed by atoms with Gasteiger partial charge in [0.05, 0.1) is 0 Å². The van der Waals surface area contributed by atoms with Crippen molar-refractivity contribution in [3.63, 3.8) is 0 Å². The molecule has 0 aliphatic heterocycles. The summed E-state index contributed by atoms with van der Waals surface area (Å²) in [6.07, 6.45) is 0. The first kappa shape index (κ1) is 77.8. The fourth-order valence-electron chi connectivity index (χ4n) is 0. The molecule has 44 valence electrons. The summed E-state index contributed by atoms with van der Waals surface area (Å²) < 4.78 is 0. The zero-order chi connectivity index (χ0) is 0. The molecule has 0 aromatic carbocycles. The second kappa shape index (κ2) is 56.3. The molecule has 7 heteroatoms. The minimum atomic E-state index is 0. The average Bonchev–Trinajstić information content (AvgIpc) is 0. The van der Waals surface area contributed by atoms with Gasteiger partial charge in [-0.25, -0.2) is 0 Å². The van der Waals surface area contributed by atoms with E-state index in [4.69, 9.17) is 0 Å². The third kappa shape index (κ3) is 43.8. The molecule has 0 amide bonds. The topological polar surface area (TPSA) is 126 Å². The van der Waals surface area contributed by atoms with Crippen molar-refractivity contribution in [2.75, 3.05) is 0 Å². The second-order valence-corrected chi connectivity index (χ2v) is 0. The van der Waals surface area contributed by atoms with E-state index >= 15 is 0 Å². The van der Waals surface area contributed by atoms with Crippen molar-refractivity contribution in [3.05, 3.63) is 0 Å². The molecule has 0 aromatic heterocycles. The van der Waals surface area contributed by atoms with Gasteiger partial charge in [0.15, 0.2) is 0 Å². The molecule has 4 nitrogen and oxygen atoms in total. The van der Waals surface area contributed by atoms with E-state index in [2.05, 4.69) is 0 Å². The normalized spacial score (nSPS) is 0. The molecule has 0 radical (unpaired) electrons. The van der Waals surface area contributed by atoms with Gasteiger partial charge in [-0.3, -0.25) is 0 Å². The molecule has 8 N–H and O–H groups in total. The van der Waals surface area contributed by atoms with Crippen LogP contribution in [0.5, 0.6) is 0 Å². The molecule has 0 saturated carbocycles. The molecule has 7 heavy (non-hydrogen) atoms. The Kier molecular flexibility index (Phi) is 627. The molecule has 0 rings (SSSR count). The summed E-state index contributed by atoms with van der Waals surface area (Å²) in [6.45, 7) is 0. The van der Waals surface area contributed by atoms with Crippen molar-refractivity contribution < 1.29 is 87.3 Å². The van der Waals surface area contributed by atoms with Gasteiger partial charge in [-0.15, -0.1) is 0 Å². The van der Waals surface area contributed by atoms with Gasteiger partial charge in [-0.05, 0) is 0 Å². The van der Waals surface area contributed by atoms with E-state index in [1.54, 1.807) is 0 Å². The second-order valence-electron chi connectivity index (χ2n) is 0. The molecule has 0 aliphatic carbocycles. The predicted octanol–water partition coefficient (Wildman–Crippen LogP) is -3.46. The van der Waals surface area contributed by atoms with Gasteiger partial charge in [-0.2, -0.15) is 0 Å². The van der Waals surface area contributed by atoms with Crippen molar-refractivity contribution in [2.24, 2.45) is 0 Å². The average molecular weight is 404 g/mol. The van der Waals surface area contributed by atoms with Crippen LogP contribution in [0, 0.1) is 40.8 Å². The fraction of sp³-hybridized carbons (Fsp3) is 0. The Morgan fingerprint density at radius 3 is 0.714 bits per heavy atom. The van der Waals surface area contributed by atoms with Crippen LogP contribution in [0.4, 0.5) is 0 Å². The van der Waals surface area contributed by atoms with Crippen LogP contribution in [0.3, 0.4) is 0 Å². The van der Waals surface area contributed by atoms with Crippen LogP contribution in [0.25, 0.3) is 0 Å². The Morgan fingerprint density at radius 1 is 0.714 bits per heavy atom. The molecule has 0 fully saturated rings. The third-order valence-electron chi connectivity index (χ3n) is 0. The number of hydrogen-bond acceptors (Lipinski definition) is 0. The van der Waals surface area contributed by atoms with E-state index in [1.807, 2.05) is 0 Å². The maximum Gasteiger partial charge on any atom is 2.00 e. The van der Waals surface area contributed by atoms with E-state index in [9.17, 15) is 0 Å². The Balaban J connectivity index is 0. The van der Waals surface area contributed by atoms with E-state index in [0.717, 1.165) is 0 Å². The maximum absolute atomic E-state index is 0. The SMILES string of the molecule is O.O.O.O.[Ba+2].[H-].[H-].[Nd].[Ti]. The van der Waals surface area contributed by atoms with E-state index in [0.29, 0.717) is 0 Å². The summed E-state index contributed by atoms with van der Waals surface area (Å²) in [5.41, 5.74) is 0. The van der Waals surface area contributed by atoms with Crippen molar-refractivity contribution in [1.29, 1.82) is 0 Å². The molecular weight excluding hydrogens is 393 g/mol. The zero-order valence-corrected chi connectivity index (χ0v) is 12.9. The summed E-state index contributed by atoms with van der Waals surface area (Å²) in [7, 11) is 0. The Bertz CT molecular complexity index is 18.5. The van der Waals surface area contributed by atoms with Crippen LogP contribution in [-0.2, 0) is 21.7 Å². The van der Waals surface area contributed by atoms with Crippen molar-refractivity contribution in [2.45, 2.75) is 0 Å². The Labute approximate surface area is 133 Å². The van der Waals surface area contributed by atoms with Crippen LogP contribution < -0.4 is 0 Å². The molecular formula is H10BaNdO4Ti. The minimum Gasteiger partial charge on any atom is -1.00 e. The van der Waals surface area contributed by atoms with E-state index in [-0.39, 0.29) is 136 Å². The smallest absolute Gasteiger partial charge is 1.00 e. The third-order valence-corrected chi connectivity index (χ3v) is 0. The van der Waals surface area contributed by atoms with E-state index in [1.165, 1.54) is 0 Å². The molecule has 0 bridgehead atoms. The number of rotatable bonds is 0.